The molecule has 1 aliphatic heterocycles. The maximum atomic E-state index is 10.1. The van der Waals surface area contributed by atoms with Gasteiger partial charge in [-0.3, -0.25) is 0 Å². The van der Waals surface area contributed by atoms with E-state index in [0.29, 0.717) is 0 Å². The molecule has 0 unspecified atom stereocenters. The molecule has 2 aromatic rings. The lowest BCUT2D eigenvalue weighted by Crippen LogP contribution is -2.21. The summed E-state index contributed by atoms with van der Waals surface area (Å²) in [5, 5.41) is 0. The Balaban J connectivity index is 2.31. The molecule has 0 aliphatic carbocycles. The highest BCUT2D eigenvalue weighted by Gasteiger charge is 2.36. The van der Waals surface area contributed by atoms with Crippen LogP contribution in [-0.4, -0.2) is 42.7 Å². The number of rotatable bonds is 19. The molecule has 1 heterocycles. The summed E-state index contributed by atoms with van der Waals surface area (Å²) < 4.78 is 1.90. The lowest BCUT2D eigenvalue weighted by Gasteiger charge is -2.19. The molecule has 0 spiro atoms. The fourth-order valence-corrected chi connectivity index (χ4v) is 10.9. The van der Waals surface area contributed by atoms with Crippen molar-refractivity contribution in [3.63, 3.8) is 0 Å². The number of unbranched alkanes of at least 4 members (excludes halogenated alkanes) is 2. The van der Waals surface area contributed by atoms with Gasteiger partial charge in [0.05, 0.1) is 5.57 Å². The summed E-state index contributed by atoms with van der Waals surface area (Å²) in [7, 11) is -4.76. The summed E-state index contributed by atoms with van der Waals surface area (Å²) in [5.41, 5.74) is 13.4. The predicted molar refractivity (Wildman–Crippen MR) is 238 cm³/mol. The average Bonchev–Trinajstić information content (AvgIpc) is 3.27. The Hall–Kier alpha value is -1.74. The molecule has 0 aromatic heterocycles. The zero-order valence-electron chi connectivity index (χ0n) is 35.2. The Labute approximate surface area is 314 Å². The minimum Gasteiger partial charge on any atom is -0.448 e. The first-order valence-electron chi connectivity index (χ1n) is 20.2. The van der Waals surface area contributed by atoms with Crippen molar-refractivity contribution in [3.05, 3.63) is 92.8 Å². The Bertz CT molecular complexity index is 1460. The van der Waals surface area contributed by atoms with E-state index in [4.69, 9.17) is 0 Å². The molecule has 0 bridgehead atoms. The van der Waals surface area contributed by atoms with Gasteiger partial charge in [0.15, 0.2) is 0 Å². The van der Waals surface area contributed by atoms with Gasteiger partial charge in [-0.1, -0.05) is 148 Å². The molecule has 0 saturated carbocycles. The number of hydrogen-bond donors (Lipinski definition) is 0. The van der Waals surface area contributed by atoms with Crippen LogP contribution in [0.3, 0.4) is 0 Å². The topological polar surface area (TPSA) is 26.8 Å². The molecule has 0 amide bonds. The van der Waals surface area contributed by atoms with Gasteiger partial charge in [-0.25, -0.2) is 4.68 Å². The van der Waals surface area contributed by atoms with E-state index < -0.39 is 32.3 Å². The standard InChI is InChI=1S/C44H76N2Si4/c1-15-17-19-41-42(20-18-16-2)44(40-33-37(23-27-49(9,10)11)30-38(34-40)24-28-50(12,13)14)46(45)43(41)39-31-35(21-25-47(3,4)5)29-36(32-39)22-26-48(6,7)8/h19,29-34,45H,15-18,20-28H2,1-14H3. The minimum absolute atomic E-state index is 1.03. The highest BCUT2D eigenvalue weighted by molar-refractivity contribution is 6.77. The van der Waals surface area contributed by atoms with Crippen LogP contribution in [0.1, 0.15) is 79.3 Å². The number of allylic oxidation sites excluding steroid dienone is 3. The molecular formula is C44H76N2Si4. The van der Waals surface area contributed by atoms with Gasteiger partial charge < -0.3 is 5.84 Å². The Morgan fingerprint density at radius 2 is 0.900 bits per heavy atom. The Morgan fingerprint density at radius 3 is 1.24 bits per heavy atom. The summed E-state index contributed by atoms with van der Waals surface area (Å²) in [6, 6.07) is 20.1. The monoisotopic (exact) mass is 745 g/mol. The second-order valence-electron chi connectivity index (χ2n) is 20.3. The van der Waals surface area contributed by atoms with Crippen LogP contribution >= 0.6 is 0 Å². The fraction of sp³-hybridized carbons (Fsp3) is 0.614. The van der Waals surface area contributed by atoms with Crippen molar-refractivity contribution in [2.24, 2.45) is 0 Å². The van der Waals surface area contributed by atoms with Gasteiger partial charge in [0.1, 0.15) is 0 Å². The molecule has 50 heavy (non-hydrogen) atoms. The first-order valence-corrected chi connectivity index (χ1v) is 35.0. The number of nitrogens with one attached hydrogen (secondary N) is 1. The molecule has 2 aromatic carbocycles. The smallest absolute Gasteiger partial charge is 0.215 e. The van der Waals surface area contributed by atoms with Gasteiger partial charge >= 0.3 is 0 Å². The van der Waals surface area contributed by atoms with E-state index >= 15 is 0 Å². The van der Waals surface area contributed by atoms with E-state index in [0.717, 1.165) is 69.2 Å². The van der Waals surface area contributed by atoms with Crippen LogP contribution in [-0.2, 0) is 25.7 Å². The van der Waals surface area contributed by atoms with E-state index in [1.165, 1.54) is 68.7 Å². The zero-order chi connectivity index (χ0) is 37.5. The second-order valence-corrected chi connectivity index (χ2v) is 42.8. The van der Waals surface area contributed by atoms with Crippen molar-refractivity contribution >= 4 is 43.7 Å². The maximum absolute atomic E-state index is 10.1. The third-order valence-electron chi connectivity index (χ3n) is 10.0. The summed E-state index contributed by atoms with van der Waals surface area (Å²) in [6.07, 6.45) is 12.6. The SMILES string of the molecule is CCCC=C1C(CCCC)=C(c2cc(CC[Si](C)(C)C)cc(CC[Si](C)(C)C)c2)[N+]([NH-])=C1c1cc(CC[Si](C)(C)C)cc(CC[Si](C)(C)C)c1. The summed E-state index contributed by atoms with van der Waals surface area (Å²) in [4.78, 5) is 0. The molecule has 6 heteroatoms. The summed E-state index contributed by atoms with van der Waals surface area (Å²) in [6.45, 7) is 34.6. The normalized spacial score (nSPS) is 15.6. The quantitative estimate of drug-likeness (QED) is 0.101. The average molecular weight is 745 g/mol. The van der Waals surface area contributed by atoms with Crippen molar-refractivity contribution in [2.75, 3.05) is 0 Å². The molecule has 2 nitrogen and oxygen atoms in total. The van der Waals surface area contributed by atoms with Crippen molar-refractivity contribution in [1.29, 1.82) is 0 Å². The van der Waals surface area contributed by atoms with Crippen LogP contribution < -0.4 is 0 Å². The minimum atomic E-state index is -1.19. The van der Waals surface area contributed by atoms with Crippen LogP contribution in [0.25, 0.3) is 11.5 Å². The number of benzene rings is 2. The largest absolute Gasteiger partial charge is 0.448 e. The molecule has 0 radical (unpaired) electrons. The lowest BCUT2D eigenvalue weighted by molar-refractivity contribution is -0.347. The maximum Gasteiger partial charge on any atom is 0.215 e. The highest BCUT2D eigenvalue weighted by Crippen LogP contribution is 2.39. The van der Waals surface area contributed by atoms with E-state index in [-0.39, 0.29) is 0 Å². The van der Waals surface area contributed by atoms with Crippen LogP contribution in [0.4, 0.5) is 0 Å². The van der Waals surface area contributed by atoms with Crippen LogP contribution in [0.15, 0.2) is 53.6 Å². The number of hydrogen-bond acceptors (Lipinski definition) is 0. The van der Waals surface area contributed by atoms with Crippen LogP contribution in [0.5, 0.6) is 0 Å². The van der Waals surface area contributed by atoms with Gasteiger partial charge in [0.2, 0.25) is 11.4 Å². The van der Waals surface area contributed by atoms with E-state index in [1.54, 1.807) is 0 Å². The molecule has 1 aliphatic rings. The van der Waals surface area contributed by atoms with Gasteiger partial charge in [0, 0.05) is 49.0 Å². The molecule has 0 fully saturated rings. The third-order valence-corrected chi connectivity index (χ3v) is 17.0. The molecular weight excluding hydrogens is 669 g/mol. The molecule has 3 rings (SSSR count). The molecule has 0 atom stereocenters. The zero-order valence-corrected chi connectivity index (χ0v) is 39.2. The molecule has 278 valence electrons. The summed E-state index contributed by atoms with van der Waals surface area (Å²) >= 11 is 0. The van der Waals surface area contributed by atoms with Crippen LogP contribution in [0.2, 0.25) is 103 Å². The lowest BCUT2D eigenvalue weighted by atomic mass is 9.89. The van der Waals surface area contributed by atoms with Gasteiger partial charge in [-0.2, -0.15) is 0 Å². The van der Waals surface area contributed by atoms with Gasteiger partial charge in [-0.15, -0.1) is 0 Å². The van der Waals surface area contributed by atoms with E-state index in [2.05, 4.69) is 135 Å². The van der Waals surface area contributed by atoms with Crippen molar-refractivity contribution in [2.45, 2.75) is 174 Å². The van der Waals surface area contributed by atoms with E-state index in [9.17, 15) is 5.84 Å². The number of aryl methyl sites for hydroxylation is 4. The van der Waals surface area contributed by atoms with Crippen molar-refractivity contribution < 1.29 is 4.68 Å². The van der Waals surface area contributed by atoms with Crippen molar-refractivity contribution in [3.8, 4) is 0 Å². The molecule has 1 N–H and O–H groups in total. The molecule has 0 saturated heterocycles. The fourth-order valence-electron chi connectivity index (χ4n) is 6.79. The predicted octanol–water partition coefficient (Wildman–Crippen LogP) is 14.3. The Kier molecular flexibility index (Phi) is 15.2. The number of nitrogens with zero attached hydrogens (tertiary/aromatic N) is 1. The van der Waals surface area contributed by atoms with Gasteiger partial charge in [0.25, 0.3) is 0 Å². The van der Waals surface area contributed by atoms with Gasteiger partial charge in [-0.05, 0) is 91.5 Å². The second kappa shape index (κ2) is 17.9. The van der Waals surface area contributed by atoms with E-state index in [1.807, 2.05) is 4.68 Å². The summed E-state index contributed by atoms with van der Waals surface area (Å²) in [5.74, 6) is 10.1. The first kappa shape index (κ1) is 42.7. The highest BCUT2D eigenvalue weighted by atomic mass is 28.3. The third kappa shape index (κ3) is 14.0. The first-order chi connectivity index (χ1) is 23.1. The van der Waals surface area contributed by atoms with Crippen molar-refractivity contribution in [1.82, 2.24) is 0 Å². The Morgan fingerprint density at radius 1 is 0.520 bits per heavy atom. The van der Waals surface area contributed by atoms with Crippen LogP contribution in [0, 0.1) is 0 Å².